The lowest BCUT2D eigenvalue weighted by Gasteiger charge is -2.29. The Balaban J connectivity index is 0.963. The van der Waals surface area contributed by atoms with Crippen molar-refractivity contribution < 1.29 is 27.4 Å². The highest BCUT2D eigenvalue weighted by molar-refractivity contribution is 7.81. The van der Waals surface area contributed by atoms with Gasteiger partial charge < -0.3 is 19.7 Å². The van der Waals surface area contributed by atoms with Crippen LogP contribution in [0.15, 0.2) is 94.8 Å². The van der Waals surface area contributed by atoms with Crippen LogP contribution in [0.1, 0.15) is 37.8 Å². The number of halogens is 3. The van der Waals surface area contributed by atoms with E-state index >= 15 is 0 Å². The summed E-state index contributed by atoms with van der Waals surface area (Å²) in [5.74, 6) is 0.112. The summed E-state index contributed by atoms with van der Waals surface area (Å²) in [7, 11) is 0. The smallest absolute Gasteiger partial charge is 0.417 e. The molecular weight excluding hydrogens is 724 g/mol. The predicted octanol–water partition coefficient (Wildman–Crippen LogP) is 6.17. The molecule has 0 aliphatic carbocycles. The van der Waals surface area contributed by atoms with Gasteiger partial charge in [0.05, 0.1) is 46.9 Å². The summed E-state index contributed by atoms with van der Waals surface area (Å²) in [6.45, 7) is 5.31. The number of rotatable bonds is 13. The molecular formula is C38H34F3N7O5S. The minimum absolute atomic E-state index is 0.0231. The van der Waals surface area contributed by atoms with Crippen molar-refractivity contribution in [1.29, 1.82) is 5.26 Å². The first-order chi connectivity index (χ1) is 25.8. The van der Waals surface area contributed by atoms with Gasteiger partial charge in [-0.1, -0.05) is 6.07 Å². The molecule has 6 rings (SSSR count). The number of amides is 1. The Morgan fingerprint density at radius 2 is 1.69 bits per heavy atom. The maximum atomic E-state index is 13.7. The summed E-state index contributed by atoms with van der Waals surface area (Å²) in [4.78, 5) is 46.5. The quantitative estimate of drug-likeness (QED) is 0.106. The van der Waals surface area contributed by atoms with Crippen molar-refractivity contribution in [2.24, 2.45) is 0 Å². The van der Waals surface area contributed by atoms with Gasteiger partial charge in [0, 0.05) is 55.2 Å². The van der Waals surface area contributed by atoms with Crippen LogP contribution in [0.2, 0.25) is 0 Å². The first-order valence-corrected chi connectivity index (χ1v) is 17.3. The molecule has 1 fully saturated rings. The third kappa shape index (κ3) is 7.82. The molecule has 0 bridgehead atoms. The van der Waals surface area contributed by atoms with Gasteiger partial charge in [0.25, 0.3) is 11.5 Å². The molecule has 0 atom stereocenters. The number of pyridine rings is 1. The van der Waals surface area contributed by atoms with Gasteiger partial charge in [-0.3, -0.25) is 29.0 Å². The van der Waals surface area contributed by atoms with E-state index in [1.807, 2.05) is 30.3 Å². The van der Waals surface area contributed by atoms with E-state index in [4.69, 9.17) is 27.0 Å². The maximum absolute atomic E-state index is 13.7. The second-order valence-electron chi connectivity index (χ2n) is 12.8. The van der Waals surface area contributed by atoms with Crippen LogP contribution in [-0.4, -0.2) is 57.5 Å². The molecule has 3 aromatic carbocycles. The summed E-state index contributed by atoms with van der Waals surface area (Å²) < 4.78 is 54.0. The summed E-state index contributed by atoms with van der Waals surface area (Å²) in [5, 5.41) is 13.2. The van der Waals surface area contributed by atoms with E-state index in [0.29, 0.717) is 55.4 Å². The van der Waals surface area contributed by atoms with Gasteiger partial charge in [0.2, 0.25) is 0 Å². The summed E-state index contributed by atoms with van der Waals surface area (Å²) >= 11 is 5.62. The number of anilines is 3. The number of thiocarbonyl (C=S) groups is 1. The fourth-order valence-corrected chi connectivity index (χ4v) is 6.55. The number of alkyl halides is 3. The van der Waals surface area contributed by atoms with Crippen molar-refractivity contribution in [2.75, 3.05) is 41.5 Å². The van der Waals surface area contributed by atoms with E-state index in [-0.39, 0.29) is 10.8 Å². The molecule has 5 aromatic rings. The molecule has 0 unspecified atom stereocenters. The molecule has 12 nitrogen and oxygen atoms in total. The molecule has 1 amide bonds. The zero-order valence-electron chi connectivity index (χ0n) is 29.1. The van der Waals surface area contributed by atoms with Gasteiger partial charge in [0.15, 0.2) is 5.11 Å². The predicted molar refractivity (Wildman–Crippen MR) is 201 cm³/mol. The molecule has 0 saturated carbocycles. The van der Waals surface area contributed by atoms with Crippen molar-refractivity contribution in [3.8, 4) is 17.5 Å². The Morgan fingerprint density at radius 3 is 2.41 bits per heavy atom. The van der Waals surface area contributed by atoms with Crippen LogP contribution >= 0.6 is 12.2 Å². The topological polar surface area (TPSA) is 146 Å². The molecule has 54 heavy (non-hydrogen) atoms. The van der Waals surface area contributed by atoms with Crippen molar-refractivity contribution in [1.82, 2.24) is 14.5 Å². The number of hydrogen-bond acceptors (Lipinski definition) is 9. The van der Waals surface area contributed by atoms with Crippen LogP contribution in [0.4, 0.5) is 30.2 Å². The lowest BCUT2D eigenvalue weighted by Crippen LogP contribution is -2.44. The molecule has 0 spiro atoms. The number of aromatic nitrogens is 3. The molecule has 0 radical (unpaired) electrons. The van der Waals surface area contributed by atoms with Crippen molar-refractivity contribution in [3.63, 3.8) is 0 Å². The van der Waals surface area contributed by atoms with Crippen LogP contribution in [0.5, 0.6) is 5.75 Å². The number of nitriles is 1. The monoisotopic (exact) mass is 757 g/mol. The Bertz CT molecular complexity index is 2370. The number of carbonyl (C=O) groups excluding carboxylic acids is 1. The molecule has 2 aromatic heterocycles. The van der Waals surface area contributed by atoms with Gasteiger partial charge in [-0.15, -0.1) is 0 Å². The number of benzene rings is 3. The van der Waals surface area contributed by atoms with E-state index in [2.05, 4.69) is 15.3 Å². The maximum Gasteiger partial charge on any atom is 0.417 e. The third-order valence-electron chi connectivity index (χ3n) is 8.74. The zero-order valence-corrected chi connectivity index (χ0v) is 30.0. The van der Waals surface area contributed by atoms with E-state index in [9.17, 15) is 27.6 Å². The number of nitrogens with one attached hydrogen (secondary N) is 2. The molecule has 3 heterocycles. The summed E-state index contributed by atoms with van der Waals surface area (Å²) in [6, 6.07) is 20.4. The minimum Gasteiger partial charge on any atom is -0.493 e. The van der Waals surface area contributed by atoms with Crippen molar-refractivity contribution in [2.45, 2.75) is 38.4 Å². The Hall–Kier alpha value is -6.05. The average Bonchev–Trinajstić information content (AvgIpc) is 3.32. The Kier molecular flexibility index (Phi) is 10.8. The molecule has 1 aliphatic rings. The van der Waals surface area contributed by atoms with Crippen LogP contribution < -0.4 is 31.1 Å². The average molecular weight is 758 g/mol. The number of carbonyl (C=O) groups is 1. The molecule has 1 aliphatic heterocycles. The third-order valence-corrected chi connectivity index (χ3v) is 9.10. The van der Waals surface area contributed by atoms with Crippen LogP contribution in [-0.2, 0) is 15.7 Å². The fraction of sp³-hybridized carbons (Fsp3) is 0.263. The Labute approximate surface area is 312 Å². The number of hydrogen-bond donors (Lipinski definition) is 2. The normalized spacial score (nSPS) is 14.1. The molecule has 278 valence electrons. The first kappa shape index (κ1) is 37.7. The number of fused-ring (bicyclic) bond motifs is 1. The Morgan fingerprint density at radius 1 is 0.944 bits per heavy atom. The number of aromatic amines is 1. The number of ether oxygens (including phenoxy) is 2. The second-order valence-corrected chi connectivity index (χ2v) is 13.2. The second kappa shape index (κ2) is 15.5. The highest BCUT2D eigenvalue weighted by Gasteiger charge is 2.50. The van der Waals surface area contributed by atoms with Gasteiger partial charge >= 0.3 is 11.9 Å². The minimum atomic E-state index is -4.78. The van der Waals surface area contributed by atoms with Gasteiger partial charge in [0.1, 0.15) is 11.3 Å². The molecule has 16 heteroatoms. The van der Waals surface area contributed by atoms with E-state index < -0.39 is 40.0 Å². The fourth-order valence-electron chi connectivity index (χ4n) is 6.03. The highest BCUT2D eigenvalue weighted by atomic mass is 32.1. The molecule has 2 N–H and O–H groups in total. The lowest BCUT2D eigenvalue weighted by molar-refractivity contribution is -0.137. The standard InChI is InChI=1S/C38H34F3N7O5S/c1-37(2)34(50)47(27-11-8-24(22-42)30(21-27)38(39,40)41)36(54)48(37)26-12-9-25(10-13-26)43-15-4-17-52-18-5-19-53-32-7-3-6-31-29(32)20-28(23-44-31)46-16-14-33(49)45-35(46)51/h3,6-14,16,20-21,23,43H,4-5,15,17-19H2,1-2H3,(H,45,49,51). The first-order valence-electron chi connectivity index (χ1n) is 16.9. The number of nitrogens with zero attached hydrogens (tertiary/aromatic N) is 5. The van der Waals surface area contributed by atoms with E-state index in [1.165, 1.54) is 22.9 Å². The summed E-state index contributed by atoms with van der Waals surface area (Å²) in [6.07, 6.45) is -0.475. The zero-order chi connectivity index (χ0) is 38.6. The van der Waals surface area contributed by atoms with E-state index in [0.717, 1.165) is 34.5 Å². The highest BCUT2D eigenvalue weighted by Crippen LogP contribution is 2.40. The van der Waals surface area contributed by atoms with Gasteiger partial charge in [-0.05, 0) is 93.1 Å². The van der Waals surface area contributed by atoms with Crippen molar-refractivity contribution >= 4 is 51.2 Å². The number of H-pyrrole nitrogens is 1. The van der Waals surface area contributed by atoms with Crippen LogP contribution in [0.3, 0.4) is 0 Å². The summed E-state index contributed by atoms with van der Waals surface area (Å²) in [5.41, 5.74) is -1.39. The van der Waals surface area contributed by atoms with Crippen LogP contribution in [0.25, 0.3) is 16.6 Å². The van der Waals surface area contributed by atoms with Crippen LogP contribution in [0, 0.1) is 11.3 Å². The lowest BCUT2D eigenvalue weighted by atomic mass is 10.0. The van der Waals surface area contributed by atoms with Crippen molar-refractivity contribution in [3.05, 3.63) is 117 Å². The largest absolute Gasteiger partial charge is 0.493 e. The van der Waals surface area contributed by atoms with E-state index in [1.54, 1.807) is 49.2 Å². The molecule has 1 saturated heterocycles. The SMILES string of the molecule is CC1(C)C(=O)N(c2ccc(C#N)c(C(F)(F)F)c2)C(=S)N1c1ccc(NCCCOCCCOc2cccc3ncc(-n4ccc(=O)[nH]c4=O)cc23)cc1. The van der Waals surface area contributed by atoms with Gasteiger partial charge in [-0.2, -0.15) is 18.4 Å². The van der Waals surface area contributed by atoms with Gasteiger partial charge in [-0.25, -0.2) is 4.79 Å².